The van der Waals surface area contributed by atoms with E-state index in [-0.39, 0.29) is 37.9 Å². The van der Waals surface area contributed by atoms with Gasteiger partial charge in [0.05, 0.1) is 28.4 Å². The van der Waals surface area contributed by atoms with Crippen LogP contribution in [0.4, 0.5) is 38.5 Å². The van der Waals surface area contributed by atoms with Crippen LogP contribution in [0.2, 0.25) is 0 Å². The summed E-state index contributed by atoms with van der Waals surface area (Å²) in [5, 5.41) is 25.5. The molecule has 0 N–H and O–H groups in total. The van der Waals surface area contributed by atoms with Crippen molar-refractivity contribution in [2.45, 2.75) is 13.8 Å². The number of benzene rings is 4. The first kappa shape index (κ1) is 35.5. The summed E-state index contributed by atoms with van der Waals surface area (Å²) in [5.41, 5.74) is 4.81. The normalized spacial score (nSPS) is 11.2. The summed E-state index contributed by atoms with van der Waals surface area (Å²) in [6.07, 6.45) is 2.15. The van der Waals surface area contributed by atoms with Crippen molar-refractivity contribution in [1.29, 1.82) is 0 Å². The number of hydrogen-bond acceptors (Lipinski definition) is 12. The molecule has 0 atom stereocenters. The molecule has 0 fully saturated rings. The van der Waals surface area contributed by atoms with Gasteiger partial charge < -0.3 is 18.9 Å². The van der Waals surface area contributed by atoms with E-state index in [1.54, 1.807) is 54.6 Å². The Kier molecular flexibility index (Phi) is 13.1. The van der Waals surface area contributed by atoms with E-state index in [0.29, 0.717) is 34.2 Å². The first-order chi connectivity index (χ1) is 23.7. The highest BCUT2D eigenvalue weighted by atomic mass is 19.1. The Labute approximate surface area is 282 Å². The Balaban J connectivity index is 1.30. The fourth-order valence-electron chi connectivity index (χ4n) is 3.95. The molecule has 0 radical (unpaired) electrons. The summed E-state index contributed by atoms with van der Waals surface area (Å²) >= 11 is 0. The van der Waals surface area contributed by atoms with Crippen molar-refractivity contribution in [1.82, 2.24) is 0 Å². The first-order valence-corrected chi connectivity index (χ1v) is 14.9. The highest BCUT2D eigenvalue weighted by molar-refractivity contribution is 5.81. The van der Waals surface area contributed by atoms with E-state index in [1.165, 1.54) is 12.1 Å². The third kappa shape index (κ3) is 11.4. The SMILES string of the molecule is C=CC(=O)OCCOc1ccc(/N=N/c2ccc(/N=N/c3ccc(/N=N/c4ccc(OCCOC(=O)C=C)cc4F)cc3C)c(C)c2)cc1. The van der Waals surface area contributed by atoms with Gasteiger partial charge in [0.2, 0.25) is 0 Å². The maximum Gasteiger partial charge on any atom is 0.330 e. The molecule has 49 heavy (non-hydrogen) atoms. The molecule has 0 heterocycles. The van der Waals surface area contributed by atoms with Gasteiger partial charge in [0.25, 0.3) is 0 Å². The first-order valence-electron chi connectivity index (χ1n) is 14.9. The number of rotatable bonds is 16. The van der Waals surface area contributed by atoms with Gasteiger partial charge in [0, 0.05) is 18.2 Å². The van der Waals surface area contributed by atoms with E-state index in [9.17, 15) is 14.0 Å². The lowest BCUT2D eigenvalue weighted by Crippen LogP contribution is -2.10. The van der Waals surface area contributed by atoms with Crippen molar-refractivity contribution in [3.8, 4) is 11.5 Å². The van der Waals surface area contributed by atoms with E-state index in [0.717, 1.165) is 23.3 Å². The summed E-state index contributed by atoms with van der Waals surface area (Å²) in [7, 11) is 0. The molecule has 250 valence electrons. The van der Waals surface area contributed by atoms with E-state index >= 15 is 0 Å². The van der Waals surface area contributed by atoms with Gasteiger partial charge in [-0.2, -0.15) is 25.6 Å². The average Bonchev–Trinajstić information content (AvgIpc) is 3.11. The molecule has 0 unspecified atom stereocenters. The van der Waals surface area contributed by atoms with E-state index in [2.05, 4.69) is 43.8 Å². The minimum atomic E-state index is -0.614. The van der Waals surface area contributed by atoms with Gasteiger partial charge in [-0.15, -0.1) is 5.11 Å². The van der Waals surface area contributed by atoms with Crippen LogP contribution in [0.15, 0.2) is 135 Å². The summed E-state index contributed by atoms with van der Waals surface area (Å²) in [4.78, 5) is 22.1. The van der Waals surface area contributed by atoms with Gasteiger partial charge in [-0.25, -0.2) is 14.0 Å². The third-order valence-corrected chi connectivity index (χ3v) is 6.46. The summed E-state index contributed by atoms with van der Waals surface area (Å²) < 4.78 is 35.1. The minimum Gasteiger partial charge on any atom is -0.490 e. The lowest BCUT2D eigenvalue weighted by atomic mass is 10.2. The van der Waals surface area contributed by atoms with Gasteiger partial charge in [0.1, 0.15) is 43.6 Å². The second kappa shape index (κ2) is 18.1. The zero-order valence-corrected chi connectivity index (χ0v) is 26.9. The fraction of sp³-hybridized carbons (Fsp3) is 0.167. The van der Waals surface area contributed by atoms with Crippen LogP contribution in [0, 0.1) is 19.7 Å². The largest absolute Gasteiger partial charge is 0.490 e. The van der Waals surface area contributed by atoms with Crippen LogP contribution in [0.5, 0.6) is 11.5 Å². The molecule has 4 rings (SSSR count). The highest BCUT2D eigenvalue weighted by Gasteiger charge is 2.06. The number of aryl methyl sites for hydroxylation is 2. The lowest BCUT2D eigenvalue weighted by molar-refractivity contribution is -0.139. The van der Waals surface area contributed by atoms with Crippen LogP contribution in [0.25, 0.3) is 0 Å². The van der Waals surface area contributed by atoms with Crippen LogP contribution in [-0.2, 0) is 19.1 Å². The number of ether oxygens (including phenoxy) is 4. The standard InChI is InChI=1S/C36H33FN6O6/c1-5-35(44)48-19-17-46-29-11-7-26(8-12-29)38-39-27-9-14-32(24(3)21-27)41-42-33-15-10-28(22-25(33)4)40-43-34-16-13-30(23-31(34)37)47-18-20-49-36(45)6-2/h5-16,21-23H,1-2,17-20H2,3-4H3/b39-38+,42-41+,43-40+. The maximum absolute atomic E-state index is 14.5. The highest BCUT2D eigenvalue weighted by Crippen LogP contribution is 2.31. The lowest BCUT2D eigenvalue weighted by Gasteiger charge is -2.07. The molecule has 0 saturated heterocycles. The van der Waals surface area contributed by atoms with E-state index in [1.807, 2.05) is 26.0 Å². The molecule has 4 aromatic carbocycles. The number of carbonyl (C=O) groups excluding carboxylic acids is 2. The van der Waals surface area contributed by atoms with Crippen molar-refractivity contribution in [2.24, 2.45) is 30.7 Å². The third-order valence-electron chi connectivity index (χ3n) is 6.46. The van der Waals surface area contributed by atoms with Gasteiger partial charge in [-0.05, 0) is 97.8 Å². The predicted molar refractivity (Wildman–Crippen MR) is 181 cm³/mol. The van der Waals surface area contributed by atoms with Crippen LogP contribution in [-0.4, -0.2) is 38.4 Å². The Morgan fingerprint density at radius 3 is 1.51 bits per heavy atom. The molecule has 0 aliphatic heterocycles. The molecule has 0 amide bonds. The van der Waals surface area contributed by atoms with E-state index in [4.69, 9.17) is 18.9 Å². The van der Waals surface area contributed by atoms with Crippen molar-refractivity contribution in [3.63, 3.8) is 0 Å². The van der Waals surface area contributed by atoms with Crippen LogP contribution in [0.1, 0.15) is 11.1 Å². The molecular formula is C36H33FN6O6. The number of halogens is 1. The molecule has 0 aromatic heterocycles. The van der Waals surface area contributed by atoms with Gasteiger partial charge in [0.15, 0.2) is 5.82 Å². The van der Waals surface area contributed by atoms with E-state index < -0.39 is 17.8 Å². The van der Waals surface area contributed by atoms with Crippen LogP contribution >= 0.6 is 0 Å². The Bertz CT molecular complexity index is 1890. The zero-order chi connectivity index (χ0) is 35.0. The summed E-state index contributed by atoms with van der Waals surface area (Å²) in [6, 6.07) is 21.9. The van der Waals surface area contributed by atoms with Crippen molar-refractivity contribution >= 4 is 46.1 Å². The topological polar surface area (TPSA) is 145 Å². The number of carbonyl (C=O) groups is 2. The van der Waals surface area contributed by atoms with Crippen LogP contribution < -0.4 is 9.47 Å². The van der Waals surface area contributed by atoms with Crippen LogP contribution in [0.3, 0.4) is 0 Å². The summed E-state index contributed by atoms with van der Waals surface area (Å²) in [5.74, 6) is -0.791. The molecule has 0 aliphatic carbocycles. The molecule has 0 saturated carbocycles. The van der Waals surface area contributed by atoms with Crippen molar-refractivity contribution in [2.75, 3.05) is 26.4 Å². The second-order valence-electron chi connectivity index (χ2n) is 10.1. The predicted octanol–water partition coefficient (Wildman–Crippen LogP) is 9.90. The molecule has 0 aliphatic rings. The fourth-order valence-corrected chi connectivity index (χ4v) is 3.95. The molecule has 0 spiro atoms. The monoisotopic (exact) mass is 664 g/mol. The Morgan fingerprint density at radius 2 is 1.00 bits per heavy atom. The number of azo groups is 3. The molecular weight excluding hydrogens is 631 g/mol. The second-order valence-corrected chi connectivity index (χ2v) is 10.1. The number of esters is 2. The van der Waals surface area contributed by atoms with Gasteiger partial charge >= 0.3 is 11.9 Å². The Morgan fingerprint density at radius 1 is 0.571 bits per heavy atom. The Hall–Kier alpha value is -6.37. The molecule has 0 bridgehead atoms. The molecule has 13 heteroatoms. The number of nitrogens with zero attached hydrogens (tertiary/aromatic N) is 6. The van der Waals surface area contributed by atoms with Gasteiger partial charge in [-0.3, -0.25) is 0 Å². The van der Waals surface area contributed by atoms with Crippen molar-refractivity contribution in [3.05, 3.63) is 121 Å². The number of hydrogen-bond donors (Lipinski definition) is 0. The average molecular weight is 665 g/mol. The molecule has 12 nitrogen and oxygen atoms in total. The zero-order valence-electron chi connectivity index (χ0n) is 26.9. The smallest absolute Gasteiger partial charge is 0.330 e. The van der Waals surface area contributed by atoms with Gasteiger partial charge in [-0.1, -0.05) is 13.2 Å². The summed E-state index contributed by atoms with van der Waals surface area (Å²) in [6.45, 7) is 10.8. The molecule has 4 aromatic rings. The maximum atomic E-state index is 14.5. The minimum absolute atomic E-state index is 0.0118. The van der Waals surface area contributed by atoms with Crippen molar-refractivity contribution < 1.29 is 32.9 Å². The quantitative estimate of drug-likeness (QED) is 0.0504.